The smallest absolute Gasteiger partial charge is 0.309 e. The number of carbonyl (C=O) groups excluding carboxylic acids is 1. The third-order valence-electron chi connectivity index (χ3n) is 16.5. The molecule has 19 heteroatoms. The molecule has 20 atom stereocenters. The molecule has 2 aromatic rings. The van der Waals surface area contributed by atoms with Gasteiger partial charge in [0, 0.05) is 70.1 Å². The van der Waals surface area contributed by atoms with E-state index >= 15 is 0 Å². The molecule has 1 aromatic heterocycles. The Morgan fingerprint density at radius 1 is 1.01 bits per heavy atom. The minimum Gasteiger partial charge on any atom is -0.459 e. The topological polar surface area (TPSA) is 235 Å². The maximum atomic E-state index is 14.8. The third-order valence-corrected chi connectivity index (χ3v) is 16.5. The van der Waals surface area contributed by atoms with Gasteiger partial charge in [0.05, 0.1) is 47.2 Å². The maximum Gasteiger partial charge on any atom is 0.309 e. The molecule has 1 unspecified atom stereocenters. The number of benzene rings is 1. The zero-order valence-electron chi connectivity index (χ0n) is 45.6. The van der Waals surface area contributed by atoms with Gasteiger partial charge in [-0.15, -0.1) is 5.10 Å². The number of alkyl halides is 1. The van der Waals surface area contributed by atoms with Crippen LogP contribution in [0.1, 0.15) is 131 Å². The molecule has 6 N–H and O–H groups in total. The Hall–Kier alpha value is -3.05. The zero-order chi connectivity index (χ0) is 53.8. The number of cyclic esters (lactones) is 1. The second-order valence-electron chi connectivity index (χ2n) is 22.3. The van der Waals surface area contributed by atoms with Gasteiger partial charge in [0.1, 0.15) is 48.8 Å². The third kappa shape index (κ3) is 13.3. The van der Waals surface area contributed by atoms with Crippen LogP contribution < -0.4 is 0 Å². The van der Waals surface area contributed by atoms with Crippen molar-refractivity contribution >= 4 is 11.7 Å². The summed E-state index contributed by atoms with van der Waals surface area (Å²) in [5, 5.41) is 76.8. The van der Waals surface area contributed by atoms with E-state index in [1.165, 1.54) is 25.8 Å². The van der Waals surface area contributed by atoms with Gasteiger partial charge in [0.25, 0.3) is 0 Å². The highest BCUT2D eigenvalue weighted by molar-refractivity contribution is 5.96. The number of carbonyl (C=O) groups is 1. The van der Waals surface area contributed by atoms with E-state index in [2.05, 4.69) is 10.3 Å². The Morgan fingerprint density at radius 2 is 1.67 bits per heavy atom. The molecule has 0 bridgehead atoms. The van der Waals surface area contributed by atoms with Crippen molar-refractivity contribution in [2.24, 2.45) is 23.7 Å². The fourth-order valence-electron chi connectivity index (χ4n) is 12.0. The average Bonchev–Trinajstić information content (AvgIpc) is 3.80. The van der Waals surface area contributed by atoms with Gasteiger partial charge in [0.15, 0.2) is 6.29 Å². The number of aromatic nitrogens is 3. The van der Waals surface area contributed by atoms with E-state index in [0.29, 0.717) is 37.3 Å². The van der Waals surface area contributed by atoms with E-state index in [9.17, 15) is 34.7 Å². The second-order valence-corrected chi connectivity index (χ2v) is 22.3. The lowest BCUT2D eigenvalue weighted by Gasteiger charge is -2.51. The molecule has 3 saturated heterocycles. The van der Waals surface area contributed by atoms with Crippen molar-refractivity contribution in [2.75, 3.05) is 48.1 Å². The molecule has 1 aromatic carbocycles. The van der Waals surface area contributed by atoms with Crippen molar-refractivity contribution < 1.29 is 63.1 Å². The minimum absolute atomic E-state index is 0.171. The zero-order valence-corrected chi connectivity index (χ0v) is 45.6. The predicted molar refractivity (Wildman–Crippen MR) is 269 cm³/mol. The monoisotopic (exact) mass is 1020 g/mol. The van der Waals surface area contributed by atoms with Gasteiger partial charge >= 0.3 is 5.97 Å². The van der Waals surface area contributed by atoms with Gasteiger partial charge in [-0.25, -0.2) is 9.07 Å². The normalized spacial score (nSPS) is 40.0. The molecule has 0 amide bonds. The molecular formula is C53H89FN6O12. The first kappa shape index (κ1) is 59.8. The minimum atomic E-state index is -1.83. The second kappa shape index (κ2) is 24.7. The molecule has 18 nitrogen and oxygen atoms in total. The average molecular weight is 1020 g/mol. The number of hydrogen-bond acceptors (Lipinski definition) is 17. The largest absolute Gasteiger partial charge is 0.459 e. The first-order chi connectivity index (χ1) is 33.6. The molecule has 3 fully saturated rings. The molecule has 0 aliphatic carbocycles. The molecule has 72 heavy (non-hydrogen) atoms. The summed E-state index contributed by atoms with van der Waals surface area (Å²) in [7, 11) is 6.77. The fraction of sp³-hybridized carbons (Fsp3) is 0.811. The van der Waals surface area contributed by atoms with Crippen LogP contribution in [-0.2, 0) is 39.6 Å². The van der Waals surface area contributed by atoms with E-state index < -0.39 is 127 Å². The number of rotatable bonds is 15. The summed E-state index contributed by atoms with van der Waals surface area (Å²) < 4.78 is 54.2. The van der Waals surface area contributed by atoms with Crippen LogP contribution in [-0.4, -0.2) is 194 Å². The molecule has 0 spiro atoms. The maximum absolute atomic E-state index is 14.8. The van der Waals surface area contributed by atoms with Gasteiger partial charge in [-0.05, 0) is 105 Å². The van der Waals surface area contributed by atoms with E-state index in [1.807, 2.05) is 68.9 Å². The summed E-state index contributed by atoms with van der Waals surface area (Å²) in [5.41, 5.74) is -1.99. The molecule has 3 aliphatic heterocycles. The molecule has 0 saturated carbocycles. The number of aliphatic hydroxyl groups is 5. The standard InChI is InChI=1S/C53H89FN6O12/c1-16-42-53(11,66)46(62)34(7)59(13)27-29(2)24-51(9,65)48(31(4)43(32(5)49(64)71-42)41-25-52(10,68-15)47(63)35(8)70-41)72-50-44(61)39(23-30(3)69-50)58(12)22-21-38-28-60(57-56-38)40(26-54)45(67-14)37-19-17-36(18-20-37)33(6)55/h17-20,28-32,34-35,39-48,50,55,61-63,65-66H,16,21-27H2,1-15H3/t29-,30-,31+,32-,34-,35+,39+,40-,41-,42-,43?,44-,45-,46-,47+,48-,50+,51-,52-,53-/m1/s1. The van der Waals surface area contributed by atoms with Crippen LogP contribution in [0.3, 0.4) is 0 Å². The van der Waals surface area contributed by atoms with Gasteiger partial charge in [-0.1, -0.05) is 57.2 Å². The van der Waals surface area contributed by atoms with Gasteiger partial charge in [0.2, 0.25) is 0 Å². The number of esters is 1. The number of nitrogens with one attached hydrogen (secondary N) is 1. The molecule has 410 valence electrons. The van der Waals surface area contributed by atoms with E-state index in [4.69, 9.17) is 33.8 Å². The van der Waals surface area contributed by atoms with Crippen LogP contribution in [0.15, 0.2) is 30.5 Å². The molecule has 5 rings (SSSR count). The lowest BCUT2D eigenvalue weighted by atomic mass is 9.68. The van der Waals surface area contributed by atoms with E-state index in [1.54, 1.807) is 54.7 Å². The van der Waals surface area contributed by atoms with Crippen LogP contribution in [0.4, 0.5) is 4.39 Å². The Bertz CT molecular complexity index is 2050. The highest BCUT2D eigenvalue weighted by Crippen LogP contribution is 2.45. The summed E-state index contributed by atoms with van der Waals surface area (Å²) in [6, 6.07) is 5.42. The van der Waals surface area contributed by atoms with Crippen LogP contribution in [0.2, 0.25) is 0 Å². The van der Waals surface area contributed by atoms with Crippen molar-refractivity contribution in [3.8, 4) is 0 Å². The first-order valence-electron chi connectivity index (χ1n) is 25.9. The molecule has 3 aliphatic rings. The number of methoxy groups -OCH3 is 2. The number of likely N-dealkylation sites (N-methyl/N-ethyl adjacent to an activating group) is 2. The number of hydrogen-bond donors (Lipinski definition) is 6. The summed E-state index contributed by atoms with van der Waals surface area (Å²) >= 11 is 0. The van der Waals surface area contributed by atoms with E-state index in [0.717, 1.165) is 11.1 Å². The SMILES string of the molecule is CC[C@H]1OC(=O)[C@H](C)C([C@H]2C[C@@](C)(OC)[C@@H](O)[C@H](C)O2)[C@H](C)[C@@H](O[C@@H]2O[C@H](C)C[C@H](N(C)CCc3cn([C@H](CF)[C@H](OC)c4ccc(C(C)=N)cc4)nn3)[C@H]2O)[C@](C)(O)C[C@@H](C)CN(C)[C@H](C)[C@@H](O)[C@]1(C)O. The summed E-state index contributed by atoms with van der Waals surface area (Å²) in [5.74, 6) is -3.26. The van der Waals surface area contributed by atoms with Gasteiger partial charge in [-0.2, -0.15) is 0 Å². The quantitative estimate of drug-likeness (QED) is 0.105. The van der Waals surface area contributed by atoms with Crippen molar-refractivity contribution in [3.63, 3.8) is 0 Å². The van der Waals surface area contributed by atoms with Crippen molar-refractivity contribution in [1.82, 2.24) is 24.8 Å². The lowest BCUT2D eigenvalue weighted by molar-refractivity contribution is -0.302. The Labute approximate surface area is 427 Å². The number of aliphatic hydroxyl groups excluding tert-OH is 3. The van der Waals surface area contributed by atoms with Crippen molar-refractivity contribution in [1.29, 1.82) is 5.41 Å². The van der Waals surface area contributed by atoms with Crippen LogP contribution >= 0.6 is 0 Å². The van der Waals surface area contributed by atoms with Crippen LogP contribution in [0.5, 0.6) is 0 Å². The summed E-state index contributed by atoms with van der Waals surface area (Å²) in [4.78, 5) is 18.6. The van der Waals surface area contributed by atoms with Crippen molar-refractivity contribution in [2.45, 2.75) is 204 Å². The molecule has 0 radical (unpaired) electrons. The van der Waals surface area contributed by atoms with Gasteiger partial charge in [-0.3, -0.25) is 4.79 Å². The van der Waals surface area contributed by atoms with Crippen LogP contribution in [0.25, 0.3) is 0 Å². The van der Waals surface area contributed by atoms with Crippen molar-refractivity contribution in [3.05, 3.63) is 47.3 Å². The number of ether oxygens (including phenoxy) is 6. The Kier molecular flexibility index (Phi) is 20.6. The number of halogens is 1. The highest BCUT2D eigenvalue weighted by atomic mass is 19.1. The summed E-state index contributed by atoms with van der Waals surface area (Å²) in [6.45, 7) is 19.6. The Morgan fingerprint density at radius 3 is 2.25 bits per heavy atom. The summed E-state index contributed by atoms with van der Waals surface area (Å²) in [6.07, 6.45) is -6.28. The molecular weight excluding hydrogens is 932 g/mol. The predicted octanol–water partition coefficient (Wildman–Crippen LogP) is 4.66. The lowest BCUT2D eigenvalue weighted by Crippen LogP contribution is -2.62. The Balaban J connectivity index is 1.46. The van der Waals surface area contributed by atoms with Gasteiger partial charge < -0.3 is 69.2 Å². The highest BCUT2D eigenvalue weighted by Gasteiger charge is 2.55. The van der Waals surface area contributed by atoms with E-state index in [-0.39, 0.29) is 25.2 Å². The first-order valence-corrected chi connectivity index (χ1v) is 25.9. The number of nitrogens with zero attached hydrogens (tertiary/aromatic N) is 5. The fourth-order valence-corrected chi connectivity index (χ4v) is 12.0. The van der Waals surface area contributed by atoms with Crippen LogP contribution in [0, 0.1) is 29.1 Å². The molecule has 4 heterocycles.